The van der Waals surface area contributed by atoms with E-state index in [2.05, 4.69) is 4.72 Å². The molecule has 1 heterocycles. The van der Waals surface area contributed by atoms with Crippen molar-refractivity contribution < 1.29 is 22.2 Å². The minimum Gasteiger partial charge on any atom is -0.598 e. The number of hydrogen-bond acceptors (Lipinski definition) is 6. The molecule has 0 spiro atoms. The molecule has 7 nitrogen and oxygen atoms in total. The maximum Gasteiger partial charge on any atom is 0.250 e. The Morgan fingerprint density at radius 3 is 2.36 bits per heavy atom. The molecule has 0 saturated carbocycles. The van der Waals surface area contributed by atoms with Gasteiger partial charge in [0.2, 0.25) is 0 Å². The summed E-state index contributed by atoms with van der Waals surface area (Å²) in [6.07, 6.45) is 1.56. The molecule has 3 rings (SSSR count). The zero-order valence-electron chi connectivity index (χ0n) is 22.7. The SMILES string of the molecule is CCS(=O)(=O)Cc1ccc(C(=O)c2ccc(F)cc2Cl)c(-c2cn(C)c(=O)cc2[C@H](C)N[S+]([O-])C(C)(C)C)c1. The first-order valence-corrected chi connectivity index (χ1v) is 15.6. The van der Waals surface area contributed by atoms with Gasteiger partial charge in [-0.05, 0) is 68.7 Å². The Kier molecular flexibility index (Phi) is 9.50. The lowest BCUT2D eigenvalue weighted by molar-refractivity contribution is 0.103. The van der Waals surface area contributed by atoms with E-state index in [1.807, 2.05) is 20.8 Å². The number of pyridine rings is 1. The molecule has 0 aliphatic carbocycles. The van der Waals surface area contributed by atoms with E-state index in [0.29, 0.717) is 22.3 Å². The first kappa shape index (κ1) is 31.0. The lowest BCUT2D eigenvalue weighted by Crippen LogP contribution is -2.41. The minimum absolute atomic E-state index is 0.0567. The fraction of sp³-hybridized carbons (Fsp3) is 0.357. The summed E-state index contributed by atoms with van der Waals surface area (Å²) in [6, 6.07) is 8.97. The third-order valence-corrected chi connectivity index (χ3v) is 9.83. The van der Waals surface area contributed by atoms with Crippen LogP contribution in [0.1, 0.15) is 67.7 Å². The van der Waals surface area contributed by atoms with Gasteiger partial charge in [-0.1, -0.05) is 30.7 Å². The van der Waals surface area contributed by atoms with Crippen LogP contribution in [0.5, 0.6) is 0 Å². The molecular weight excluding hydrogens is 563 g/mol. The average Bonchev–Trinajstić information content (AvgIpc) is 2.84. The molecule has 0 fully saturated rings. The van der Waals surface area contributed by atoms with Crippen LogP contribution < -0.4 is 10.3 Å². The van der Waals surface area contributed by atoms with E-state index >= 15 is 0 Å². The van der Waals surface area contributed by atoms with Gasteiger partial charge in [0, 0.05) is 53.1 Å². The van der Waals surface area contributed by atoms with Crippen molar-refractivity contribution in [1.29, 1.82) is 0 Å². The molecule has 1 N–H and O–H groups in total. The van der Waals surface area contributed by atoms with Crippen LogP contribution in [0.2, 0.25) is 5.02 Å². The van der Waals surface area contributed by atoms with Gasteiger partial charge in [0.25, 0.3) is 5.56 Å². The highest BCUT2D eigenvalue weighted by Crippen LogP contribution is 2.34. The standard InChI is InChI=1S/C28H32ClFN2O5S2/c1-7-39(36,37)16-18-8-10-20(27(34)21-11-9-19(30)13-25(21)29)23(12-18)24-15-32(6)26(33)14-22(24)17(2)31-38(35)28(3,4)5/h8-15,17,31H,7,16H2,1-6H3/t17-,38?/m0/s1. The lowest BCUT2D eigenvalue weighted by atomic mass is 9.89. The van der Waals surface area contributed by atoms with Gasteiger partial charge in [0.05, 0.1) is 16.8 Å². The van der Waals surface area contributed by atoms with E-state index in [-0.39, 0.29) is 33.2 Å². The summed E-state index contributed by atoms with van der Waals surface area (Å²) in [5, 5.41) is -0.0696. The van der Waals surface area contributed by atoms with Crippen molar-refractivity contribution in [3.05, 3.63) is 92.1 Å². The van der Waals surface area contributed by atoms with Crippen molar-refractivity contribution in [2.24, 2.45) is 7.05 Å². The van der Waals surface area contributed by atoms with Crippen molar-refractivity contribution >= 4 is 38.6 Å². The summed E-state index contributed by atoms with van der Waals surface area (Å²) < 4.78 is 55.2. The molecule has 0 aliphatic rings. The van der Waals surface area contributed by atoms with Gasteiger partial charge in [0.15, 0.2) is 15.6 Å². The van der Waals surface area contributed by atoms with Gasteiger partial charge in [0.1, 0.15) is 10.6 Å². The van der Waals surface area contributed by atoms with Crippen molar-refractivity contribution in [3.63, 3.8) is 0 Å². The molecule has 39 heavy (non-hydrogen) atoms. The number of ketones is 1. The fourth-order valence-electron chi connectivity index (χ4n) is 3.91. The summed E-state index contributed by atoms with van der Waals surface area (Å²) in [4.78, 5) is 26.4. The molecule has 0 radical (unpaired) electrons. The molecule has 2 atom stereocenters. The number of halogens is 2. The predicted octanol–water partition coefficient (Wildman–Crippen LogP) is 5.12. The average molecular weight is 595 g/mol. The first-order valence-electron chi connectivity index (χ1n) is 12.3. The van der Waals surface area contributed by atoms with Crippen molar-refractivity contribution in [2.45, 2.75) is 51.2 Å². The first-order chi connectivity index (χ1) is 18.0. The second-order valence-corrected chi connectivity index (χ2v) is 15.1. The molecule has 0 aliphatic heterocycles. The Bertz CT molecular complexity index is 1570. The number of carbonyl (C=O) groups is 1. The van der Waals surface area contributed by atoms with E-state index in [9.17, 15) is 27.0 Å². The third kappa shape index (κ3) is 7.37. The number of carbonyl (C=O) groups excluding carboxylic acids is 1. The van der Waals surface area contributed by atoms with Crippen LogP contribution in [-0.4, -0.2) is 33.8 Å². The topological polar surface area (TPSA) is 108 Å². The molecule has 2 aromatic carbocycles. The van der Waals surface area contributed by atoms with Crippen LogP contribution >= 0.6 is 11.6 Å². The molecule has 3 aromatic rings. The smallest absolute Gasteiger partial charge is 0.250 e. The highest BCUT2D eigenvalue weighted by molar-refractivity contribution is 7.91. The van der Waals surface area contributed by atoms with Crippen LogP contribution in [-0.2, 0) is 34.0 Å². The van der Waals surface area contributed by atoms with Gasteiger partial charge < -0.3 is 9.12 Å². The quantitative estimate of drug-likeness (QED) is 0.272. The van der Waals surface area contributed by atoms with Gasteiger partial charge in [-0.2, -0.15) is 0 Å². The van der Waals surface area contributed by atoms with E-state index in [4.69, 9.17) is 11.6 Å². The number of aryl methyl sites for hydroxylation is 1. The van der Waals surface area contributed by atoms with Crippen molar-refractivity contribution in [2.75, 3.05) is 5.75 Å². The fourth-order valence-corrected chi connectivity index (χ4v) is 5.85. The number of sulfone groups is 1. The molecule has 1 unspecified atom stereocenters. The van der Waals surface area contributed by atoms with Crippen LogP contribution in [0.25, 0.3) is 11.1 Å². The zero-order chi connectivity index (χ0) is 29.3. The number of nitrogens with one attached hydrogen (secondary N) is 1. The largest absolute Gasteiger partial charge is 0.598 e. The second-order valence-electron chi connectivity index (χ2n) is 10.3. The number of aromatic nitrogens is 1. The molecule has 11 heteroatoms. The molecule has 0 bridgehead atoms. The Morgan fingerprint density at radius 1 is 1.13 bits per heavy atom. The summed E-state index contributed by atoms with van der Waals surface area (Å²) in [5.74, 6) is -1.40. The van der Waals surface area contributed by atoms with Crippen LogP contribution in [0.3, 0.4) is 0 Å². The number of rotatable bonds is 9. The maximum atomic E-state index is 13.7. The van der Waals surface area contributed by atoms with E-state index in [1.54, 1.807) is 39.2 Å². The molecule has 0 saturated heterocycles. The number of hydrogen-bond donors (Lipinski definition) is 1. The minimum atomic E-state index is -3.40. The summed E-state index contributed by atoms with van der Waals surface area (Å²) in [5.41, 5.74) is 1.70. The number of nitrogens with zero attached hydrogens (tertiary/aromatic N) is 1. The monoisotopic (exact) mass is 594 g/mol. The molecule has 210 valence electrons. The Labute approximate surface area is 236 Å². The van der Waals surface area contributed by atoms with Gasteiger partial charge in [-0.15, -0.1) is 4.72 Å². The summed E-state index contributed by atoms with van der Waals surface area (Å²) in [7, 11) is -1.84. The van der Waals surface area contributed by atoms with Crippen molar-refractivity contribution in [3.8, 4) is 11.1 Å². The zero-order valence-corrected chi connectivity index (χ0v) is 25.1. The summed E-state index contributed by atoms with van der Waals surface area (Å²) >= 11 is 4.74. The lowest BCUT2D eigenvalue weighted by Gasteiger charge is -2.27. The van der Waals surface area contributed by atoms with Crippen LogP contribution in [0, 0.1) is 5.82 Å². The van der Waals surface area contributed by atoms with Crippen LogP contribution in [0.4, 0.5) is 4.39 Å². The number of benzene rings is 2. The third-order valence-electron chi connectivity index (χ3n) is 6.19. The van der Waals surface area contributed by atoms with E-state index in [0.717, 1.165) is 12.1 Å². The van der Waals surface area contributed by atoms with Gasteiger partial charge in [-0.3, -0.25) is 9.59 Å². The molecule has 0 amide bonds. The highest BCUT2D eigenvalue weighted by Gasteiger charge is 2.30. The molecule has 1 aromatic heterocycles. The van der Waals surface area contributed by atoms with E-state index < -0.39 is 43.6 Å². The second kappa shape index (κ2) is 11.9. The predicted molar refractivity (Wildman–Crippen MR) is 155 cm³/mol. The Morgan fingerprint density at radius 2 is 1.77 bits per heavy atom. The van der Waals surface area contributed by atoms with Gasteiger partial charge in [-0.25, -0.2) is 12.8 Å². The highest BCUT2D eigenvalue weighted by atomic mass is 35.5. The van der Waals surface area contributed by atoms with Crippen LogP contribution in [0.15, 0.2) is 53.5 Å². The normalized spacial score (nSPS) is 13.8. The Hall–Kier alpha value is -2.50. The van der Waals surface area contributed by atoms with Crippen molar-refractivity contribution in [1.82, 2.24) is 9.29 Å². The maximum absolute atomic E-state index is 13.7. The van der Waals surface area contributed by atoms with Gasteiger partial charge >= 0.3 is 0 Å². The Balaban J connectivity index is 2.29. The molecular formula is C28H32ClFN2O5S2. The van der Waals surface area contributed by atoms with E-state index in [1.165, 1.54) is 22.8 Å². The summed E-state index contributed by atoms with van der Waals surface area (Å²) in [6.45, 7) is 8.75.